The third-order valence-corrected chi connectivity index (χ3v) is 6.01. The standard InChI is InChI=1S/C14H14N4O.C8H17O3P/c1-14(2)11(9-6-4-3-5-7-9)18-10-12(15)16-8-17-13(10)19-14;1-7-3-5-8(6-4-7)11-12(2,9)10/h3-8H,1-2H3,(H2,15,16,17);7-8H,3-6H2,1-2H3,(H,9,10). The fraction of sp³-hybridized carbons (Fsp3) is 0.500. The lowest BCUT2D eigenvalue weighted by Gasteiger charge is -2.32. The summed E-state index contributed by atoms with van der Waals surface area (Å²) in [4.78, 5) is 21.6. The van der Waals surface area contributed by atoms with E-state index in [1.165, 1.54) is 13.0 Å². The Labute approximate surface area is 183 Å². The zero-order chi connectivity index (χ0) is 22.6. The van der Waals surface area contributed by atoms with Gasteiger partial charge in [-0.3, -0.25) is 4.57 Å². The van der Waals surface area contributed by atoms with Gasteiger partial charge in [0.05, 0.1) is 11.8 Å². The zero-order valence-corrected chi connectivity index (χ0v) is 19.4. The SMILES string of the molecule is CC1(C)Oc2ncnc(N)c2N=C1c1ccccc1.CC1CCC(OP(C)(=O)O)CC1. The molecule has 4 rings (SSSR count). The van der Waals surface area contributed by atoms with Crippen LogP contribution in [0.15, 0.2) is 41.7 Å². The van der Waals surface area contributed by atoms with Crippen molar-refractivity contribution in [1.82, 2.24) is 9.97 Å². The van der Waals surface area contributed by atoms with Crippen LogP contribution in [0, 0.1) is 5.92 Å². The van der Waals surface area contributed by atoms with Crippen LogP contribution >= 0.6 is 7.60 Å². The van der Waals surface area contributed by atoms with E-state index in [0.717, 1.165) is 42.9 Å². The van der Waals surface area contributed by atoms with Crippen molar-refractivity contribution in [2.45, 2.75) is 58.2 Å². The van der Waals surface area contributed by atoms with Crippen LogP contribution in [0.5, 0.6) is 5.88 Å². The molecule has 0 spiro atoms. The normalized spacial score (nSPS) is 23.8. The van der Waals surface area contributed by atoms with E-state index in [2.05, 4.69) is 21.9 Å². The number of hydrogen-bond donors (Lipinski definition) is 2. The molecule has 0 amide bonds. The second-order valence-electron chi connectivity index (χ2n) is 8.64. The van der Waals surface area contributed by atoms with E-state index in [4.69, 9.17) is 19.9 Å². The predicted octanol–water partition coefficient (Wildman–Crippen LogP) is 4.75. The second-order valence-corrected chi connectivity index (χ2v) is 10.5. The first kappa shape index (κ1) is 23.4. The summed E-state index contributed by atoms with van der Waals surface area (Å²) in [6.07, 6.45) is 5.49. The fourth-order valence-corrected chi connectivity index (χ4v) is 4.48. The van der Waals surface area contributed by atoms with Gasteiger partial charge in [0.15, 0.2) is 11.5 Å². The monoisotopic (exact) mass is 446 g/mol. The molecule has 2 aromatic rings. The van der Waals surface area contributed by atoms with E-state index in [9.17, 15) is 4.57 Å². The highest BCUT2D eigenvalue weighted by atomic mass is 31.2. The molecule has 0 bridgehead atoms. The molecule has 0 saturated heterocycles. The molecule has 1 aliphatic heterocycles. The summed E-state index contributed by atoms with van der Waals surface area (Å²) in [5.74, 6) is 1.51. The van der Waals surface area contributed by atoms with Crippen LogP contribution in [0.4, 0.5) is 11.5 Å². The van der Waals surface area contributed by atoms with E-state index in [1.807, 2.05) is 44.2 Å². The predicted molar refractivity (Wildman–Crippen MR) is 122 cm³/mol. The van der Waals surface area contributed by atoms with Gasteiger partial charge >= 0.3 is 7.60 Å². The van der Waals surface area contributed by atoms with Crippen molar-refractivity contribution in [3.05, 3.63) is 42.2 Å². The van der Waals surface area contributed by atoms with E-state index < -0.39 is 13.2 Å². The zero-order valence-electron chi connectivity index (χ0n) is 18.5. The van der Waals surface area contributed by atoms with Crippen molar-refractivity contribution in [3.63, 3.8) is 0 Å². The first-order chi connectivity index (χ1) is 14.5. The summed E-state index contributed by atoms with van der Waals surface area (Å²) in [6.45, 7) is 7.38. The molecule has 31 heavy (non-hydrogen) atoms. The number of rotatable bonds is 3. The van der Waals surface area contributed by atoms with Gasteiger partial charge in [0.25, 0.3) is 0 Å². The lowest BCUT2D eigenvalue weighted by molar-refractivity contribution is 0.121. The number of nitrogens with two attached hydrogens (primary N) is 1. The van der Waals surface area contributed by atoms with Crippen LogP contribution in [-0.2, 0) is 9.09 Å². The summed E-state index contributed by atoms with van der Waals surface area (Å²) >= 11 is 0. The highest BCUT2D eigenvalue weighted by molar-refractivity contribution is 7.51. The number of aliphatic imine (C=N–C) groups is 1. The van der Waals surface area contributed by atoms with Gasteiger partial charge in [-0.25, -0.2) is 9.98 Å². The molecule has 1 aliphatic carbocycles. The van der Waals surface area contributed by atoms with Crippen molar-refractivity contribution >= 4 is 24.8 Å². The molecule has 1 saturated carbocycles. The van der Waals surface area contributed by atoms with Crippen molar-refractivity contribution < 1.29 is 18.7 Å². The molecular formula is C22H31N4O4P. The number of nitrogens with zero attached hydrogens (tertiary/aromatic N) is 3. The second kappa shape index (κ2) is 9.47. The van der Waals surface area contributed by atoms with Gasteiger partial charge in [0.2, 0.25) is 5.88 Å². The van der Waals surface area contributed by atoms with Gasteiger partial charge in [-0.2, -0.15) is 4.98 Å². The van der Waals surface area contributed by atoms with Crippen LogP contribution in [-0.4, -0.2) is 38.9 Å². The summed E-state index contributed by atoms with van der Waals surface area (Å²) in [7, 11) is -3.25. The van der Waals surface area contributed by atoms with E-state index in [-0.39, 0.29) is 6.10 Å². The number of fused-ring (bicyclic) bond motifs is 1. The Morgan fingerprint density at radius 3 is 2.42 bits per heavy atom. The van der Waals surface area contributed by atoms with Gasteiger partial charge in [0.1, 0.15) is 11.9 Å². The molecule has 1 fully saturated rings. The number of ether oxygens (including phenoxy) is 1. The summed E-state index contributed by atoms with van der Waals surface area (Å²) in [5, 5.41) is 0. The van der Waals surface area contributed by atoms with Crippen molar-refractivity contribution in [1.29, 1.82) is 0 Å². The minimum Gasteiger partial charge on any atom is -0.463 e. The highest BCUT2D eigenvalue weighted by Crippen LogP contribution is 2.42. The Hall–Kier alpha value is -2.28. The molecular weight excluding hydrogens is 415 g/mol. The first-order valence-electron chi connectivity index (χ1n) is 10.5. The number of benzene rings is 1. The Morgan fingerprint density at radius 2 is 1.81 bits per heavy atom. The van der Waals surface area contributed by atoms with Crippen LogP contribution in [0.1, 0.15) is 52.0 Å². The fourth-order valence-electron chi connectivity index (χ4n) is 3.71. The van der Waals surface area contributed by atoms with E-state index in [0.29, 0.717) is 17.4 Å². The molecule has 1 atom stereocenters. The topological polar surface area (TPSA) is 120 Å². The minimum absolute atomic E-state index is 0.0158. The Morgan fingerprint density at radius 1 is 1.16 bits per heavy atom. The number of hydrogen-bond acceptors (Lipinski definition) is 7. The summed E-state index contributed by atoms with van der Waals surface area (Å²) < 4.78 is 21.8. The minimum atomic E-state index is -3.25. The van der Waals surface area contributed by atoms with Crippen molar-refractivity contribution in [2.24, 2.45) is 10.9 Å². The maximum atomic E-state index is 10.9. The Balaban J connectivity index is 0.000000196. The molecule has 8 nitrogen and oxygen atoms in total. The largest absolute Gasteiger partial charge is 0.463 e. The average molecular weight is 446 g/mol. The van der Waals surface area contributed by atoms with Gasteiger partial charge in [-0.15, -0.1) is 0 Å². The summed E-state index contributed by atoms with van der Waals surface area (Å²) in [5.41, 5.74) is 7.59. The number of nitrogen functional groups attached to an aromatic ring is 1. The van der Waals surface area contributed by atoms with E-state index in [1.54, 1.807) is 0 Å². The van der Waals surface area contributed by atoms with Gasteiger partial charge in [0, 0.05) is 12.2 Å². The lowest BCUT2D eigenvalue weighted by atomic mass is 9.89. The number of anilines is 1. The first-order valence-corrected chi connectivity index (χ1v) is 12.5. The van der Waals surface area contributed by atoms with E-state index >= 15 is 0 Å². The molecule has 9 heteroatoms. The maximum absolute atomic E-state index is 10.9. The molecule has 2 heterocycles. The Kier molecular flexibility index (Phi) is 7.14. The summed E-state index contributed by atoms with van der Waals surface area (Å²) in [6, 6.07) is 9.89. The van der Waals surface area contributed by atoms with Gasteiger partial charge < -0.3 is 19.9 Å². The molecule has 168 valence electrons. The van der Waals surface area contributed by atoms with Crippen molar-refractivity contribution in [3.8, 4) is 5.88 Å². The molecule has 0 radical (unpaired) electrons. The highest BCUT2D eigenvalue weighted by Gasteiger charge is 2.34. The maximum Gasteiger partial charge on any atom is 0.325 e. The van der Waals surface area contributed by atoms with Crippen LogP contribution in [0.3, 0.4) is 0 Å². The number of aromatic nitrogens is 2. The molecule has 1 aromatic heterocycles. The molecule has 2 aliphatic rings. The molecule has 3 N–H and O–H groups in total. The molecule has 1 aromatic carbocycles. The van der Waals surface area contributed by atoms with Crippen LogP contribution in [0.25, 0.3) is 0 Å². The third-order valence-electron chi connectivity index (χ3n) is 5.32. The smallest absolute Gasteiger partial charge is 0.325 e. The van der Waals surface area contributed by atoms with Crippen LogP contribution in [0.2, 0.25) is 0 Å². The Bertz CT molecular complexity index is 967. The third kappa shape index (κ3) is 6.35. The van der Waals surface area contributed by atoms with Gasteiger partial charge in [-0.05, 0) is 45.4 Å². The van der Waals surface area contributed by atoms with Crippen LogP contribution < -0.4 is 10.5 Å². The van der Waals surface area contributed by atoms with Gasteiger partial charge in [-0.1, -0.05) is 37.3 Å². The average Bonchev–Trinajstić information content (AvgIpc) is 2.69. The van der Waals surface area contributed by atoms with Crippen molar-refractivity contribution in [2.75, 3.05) is 12.4 Å². The quantitative estimate of drug-likeness (QED) is 0.653. The molecule has 1 unspecified atom stereocenters. The lowest BCUT2D eigenvalue weighted by Crippen LogP contribution is -2.41.